The summed E-state index contributed by atoms with van der Waals surface area (Å²) in [7, 11) is 0. The van der Waals surface area contributed by atoms with Crippen molar-refractivity contribution in [1.29, 1.82) is 0 Å². The van der Waals surface area contributed by atoms with Crippen LogP contribution in [0.4, 0.5) is 0 Å². The number of hydrogen-bond donors (Lipinski definition) is 1. The average Bonchev–Trinajstić information content (AvgIpc) is 2.71. The van der Waals surface area contributed by atoms with Crippen LogP contribution in [0.5, 0.6) is 5.75 Å². The number of nitrogens with one attached hydrogen (secondary N) is 1. The minimum absolute atomic E-state index is 0.0296. The van der Waals surface area contributed by atoms with Crippen molar-refractivity contribution in [3.05, 3.63) is 63.6 Å². The monoisotopic (exact) mass is 434 g/mol. The van der Waals surface area contributed by atoms with Crippen LogP contribution in [0.2, 0.25) is 10.0 Å². The molecule has 1 atom stereocenters. The lowest BCUT2D eigenvalue weighted by Gasteiger charge is -2.32. The molecule has 0 aliphatic carbocycles. The fourth-order valence-corrected chi connectivity index (χ4v) is 3.83. The molecule has 1 saturated heterocycles. The standard InChI is InChI=1S/C23H28Cl2N2O2/c1-16-3-6-20(7-4-16)29-15-17(2)26-23(28)19-9-11-27(12-10-19)14-18-5-8-21(24)22(25)13-18/h3-8,13,17,19H,9-12,14-15H2,1-2H3,(H,26,28)/t17-/m0/s1. The molecule has 0 spiro atoms. The number of hydrogen-bond acceptors (Lipinski definition) is 3. The molecule has 4 nitrogen and oxygen atoms in total. The fourth-order valence-electron chi connectivity index (χ4n) is 3.51. The summed E-state index contributed by atoms with van der Waals surface area (Å²) in [6.07, 6.45) is 1.72. The highest BCUT2D eigenvalue weighted by molar-refractivity contribution is 6.42. The number of likely N-dealkylation sites (tertiary alicyclic amines) is 1. The minimum atomic E-state index is -0.0296. The number of piperidine rings is 1. The SMILES string of the molecule is Cc1ccc(OC[C@H](C)NC(=O)C2CCN(Cc3ccc(Cl)c(Cl)c3)CC2)cc1. The van der Waals surface area contributed by atoms with Gasteiger partial charge in [0.25, 0.3) is 0 Å². The zero-order valence-electron chi connectivity index (χ0n) is 17.0. The molecule has 1 N–H and O–H groups in total. The van der Waals surface area contributed by atoms with Crippen LogP contribution in [0.1, 0.15) is 30.9 Å². The molecule has 29 heavy (non-hydrogen) atoms. The Bertz CT molecular complexity index is 818. The Morgan fingerprint density at radius 2 is 1.83 bits per heavy atom. The van der Waals surface area contributed by atoms with Crippen LogP contribution < -0.4 is 10.1 Å². The van der Waals surface area contributed by atoms with E-state index in [0.717, 1.165) is 43.8 Å². The molecule has 1 fully saturated rings. The largest absolute Gasteiger partial charge is 0.491 e. The van der Waals surface area contributed by atoms with Crippen LogP contribution in [0.3, 0.4) is 0 Å². The minimum Gasteiger partial charge on any atom is -0.491 e. The van der Waals surface area contributed by atoms with Crippen LogP contribution in [0.15, 0.2) is 42.5 Å². The molecule has 0 saturated carbocycles. The van der Waals surface area contributed by atoms with Crippen LogP contribution in [0.25, 0.3) is 0 Å². The highest BCUT2D eigenvalue weighted by atomic mass is 35.5. The topological polar surface area (TPSA) is 41.6 Å². The molecule has 2 aromatic carbocycles. The number of carbonyl (C=O) groups is 1. The van der Waals surface area contributed by atoms with Crippen LogP contribution >= 0.6 is 23.2 Å². The van der Waals surface area contributed by atoms with Crippen LogP contribution in [0, 0.1) is 12.8 Å². The molecule has 1 heterocycles. The lowest BCUT2D eigenvalue weighted by Crippen LogP contribution is -2.44. The second kappa shape index (κ2) is 10.3. The van der Waals surface area contributed by atoms with Crippen molar-refractivity contribution < 1.29 is 9.53 Å². The highest BCUT2D eigenvalue weighted by Crippen LogP contribution is 2.25. The van der Waals surface area contributed by atoms with E-state index in [9.17, 15) is 4.79 Å². The van der Waals surface area contributed by atoms with E-state index in [0.29, 0.717) is 16.7 Å². The normalized spacial score (nSPS) is 16.4. The number of benzene rings is 2. The molecule has 0 aromatic heterocycles. The van der Waals surface area contributed by atoms with Gasteiger partial charge in [0.05, 0.1) is 16.1 Å². The van der Waals surface area contributed by atoms with E-state index in [-0.39, 0.29) is 17.9 Å². The molecule has 1 aliphatic heterocycles. The number of nitrogens with zero attached hydrogens (tertiary/aromatic N) is 1. The van der Waals surface area contributed by atoms with E-state index < -0.39 is 0 Å². The summed E-state index contributed by atoms with van der Waals surface area (Å²) in [4.78, 5) is 14.9. The molecule has 0 radical (unpaired) electrons. The van der Waals surface area contributed by atoms with Crippen molar-refractivity contribution in [1.82, 2.24) is 10.2 Å². The number of aryl methyl sites for hydroxylation is 1. The maximum Gasteiger partial charge on any atom is 0.223 e. The third-order valence-electron chi connectivity index (χ3n) is 5.26. The Morgan fingerprint density at radius 1 is 1.14 bits per heavy atom. The Kier molecular flexibility index (Phi) is 7.82. The summed E-state index contributed by atoms with van der Waals surface area (Å²) >= 11 is 12.1. The summed E-state index contributed by atoms with van der Waals surface area (Å²) in [6.45, 7) is 7.10. The maximum absolute atomic E-state index is 12.6. The van der Waals surface area contributed by atoms with Crippen LogP contribution in [-0.4, -0.2) is 36.5 Å². The number of carbonyl (C=O) groups excluding carboxylic acids is 1. The van der Waals surface area contributed by atoms with Crippen molar-refractivity contribution in [2.24, 2.45) is 5.92 Å². The molecule has 3 rings (SSSR count). The first kappa shape index (κ1) is 21.9. The van der Waals surface area contributed by atoms with Gasteiger partial charge in [0, 0.05) is 12.5 Å². The first-order valence-electron chi connectivity index (χ1n) is 10.1. The summed E-state index contributed by atoms with van der Waals surface area (Å²) in [5.41, 5.74) is 2.34. The molecule has 1 aliphatic rings. The van der Waals surface area contributed by atoms with E-state index in [1.807, 2.05) is 56.3 Å². The third kappa shape index (κ3) is 6.63. The Hall–Kier alpha value is -1.75. The average molecular weight is 435 g/mol. The zero-order valence-corrected chi connectivity index (χ0v) is 18.5. The zero-order chi connectivity index (χ0) is 20.8. The van der Waals surface area contributed by atoms with Gasteiger partial charge in [-0.05, 0) is 69.6 Å². The van der Waals surface area contributed by atoms with E-state index >= 15 is 0 Å². The van der Waals surface area contributed by atoms with Gasteiger partial charge in [-0.3, -0.25) is 9.69 Å². The Morgan fingerprint density at radius 3 is 2.48 bits per heavy atom. The number of halogens is 2. The van der Waals surface area contributed by atoms with Gasteiger partial charge >= 0.3 is 0 Å². The Labute approximate surface area is 183 Å². The van der Waals surface area contributed by atoms with E-state index in [1.165, 1.54) is 5.56 Å². The van der Waals surface area contributed by atoms with Gasteiger partial charge in [-0.2, -0.15) is 0 Å². The second-order valence-electron chi connectivity index (χ2n) is 7.83. The van der Waals surface area contributed by atoms with Gasteiger partial charge in [-0.25, -0.2) is 0 Å². The third-order valence-corrected chi connectivity index (χ3v) is 6.00. The smallest absolute Gasteiger partial charge is 0.223 e. The summed E-state index contributed by atoms with van der Waals surface area (Å²) < 4.78 is 5.77. The lowest BCUT2D eigenvalue weighted by atomic mass is 9.95. The number of rotatable bonds is 7. The van der Waals surface area contributed by atoms with E-state index in [2.05, 4.69) is 10.2 Å². The molecule has 156 valence electrons. The summed E-state index contributed by atoms with van der Waals surface area (Å²) in [5.74, 6) is 1.01. The van der Waals surface area contributed by atoms with Crippen molar-refractivity contribution in [2.45, 2.75) is 39.3 Å². The van der Waals surface area contributed by atoms with Crippen molar-refractivity contribution in [3.8, 4) is 5.75 Å². The van der Waals surface area contributed by atoms with Crippen molar-refractivity contribution >= 4 is 29.1 Å². The van der Waals surface area contributed by atoms with Crippen LogP contribution in [-0.2, 0) is 11.3 Å². The predicted octanol–water partition coefficient (Wildman–Crippen LogP) is 5.10. The number of ether oxygens (including phenoxy) is 1. The second-order valence-corrected chi connectivity index (χ2v) is 8.65. The fraction of sp³-hybridized carbons (Fsp3) is 0.435. The molecular weight excluding hydrogens is 407 g/mol. The lowest BCUT2D eigenvalue weighted by molar-refractivity contribution is -0.127. The molecular formula is C23H28Cl2N2O2. The quantitative estimate of drug-likeness (QED) is 0.658. The maximum atomic E-state index is 12.6. The van der Waals surface area contributed by atoms with Gasteiger partial charge in [0.15, 0.2) is 0 Å². The van der Waals surface area contributed by atoms with Gasteiger partial charge in [-0.15, -0.1) is 0 Å². The first-order valence-corrected chi connectivity index (χ1v) is 10.8. The van der Waals surface area contributed by atoms with Gasteiger partial charge in [-0.1, -0.05) is 47.0 Å². The summed E-state index contributed by atoms with van der Waals surface area (Å²) in [6, 6.07) is 13.7. The molecule has 6 heteroatoms. The number of amides is 1. The van der Waals surface area contributed by atoms with Crippen molar-refractivity contribution in [3.63, 3.8) is 0 Å². The van der Waals surface area contributed by atoms with E-state index in [4.69, 9.17) is 27.9 Å². The predicted molar refractivity (Wildman–Crippen MR) is 119 cm³/mol. The molecule has 0 bridgehead atoms. The first-order chi connectivity index (χ1) is 13.9. The summed E-state index contributed by atoms with van der Waals surface area (Å²) in [5, 5.41) is 4.25. The van der Waals surface area contributed by atoms with Gasteiger partial charge < -0.3 is 10.1 Å². The van der Waals surface area contributed by atoms with E-state index in [1.54, 1.807) is 0 Å². The van der Waals surface area contributed by atoms with Crippen molar-refractivity contribution in [2.75, 3.05) is 19.7 Å². The molecule has 0 unspecified atom stereocenters. The van der Waals surface area contributed by atoms with Gasteiger partial charge in [0.2, 0.25) is 5.91 Å². The Balaban J connectivity index is 1.39. The molecule has 1 amide bonds. The molecule has 2 aromatic rings. The van der Waals surface area contributed by atoms with Gasteiger partial charge in [0.1, 0.15) is 12.4 Å². The highest BCUT2D eigenvalue weighted by Gasteiger charge is 2.26.